The summed E-state index contributed by atoms with van der Waals surface area (Å²) in [6.07, 6.45) is 1.32. The molecular weight excluding hydrogens is 289 g/mol. The van der Waals surface area contributed by atoms with Crippen molar-refractivity contribution in [3.8, 4) is 5.75 Å². The molecule has 0 radical (unpaired) electrons. The Kier molecular flexibility index (Phi) is 4.13. The molecule has 21 heavy (non-hydrogen) atoms. The standard InChI is InChI=1S/C17H17ClFNO/c18-14-5-6-15(19)12(8-14)9-16(20)13-7-11-3-1-2-4-17(11)21-10-13/h1-6,8,13,16H,7,9-10,20H2. The minimum Gasteiger partial charge on any atom is -0.493 e. The van der Waals surface area contributed by atoms with Crippen LogP contribution in [0.3, 0.4) is 0 Å². The molecule has 4 heteroatoms. The third-order valence-electron chi connectivity index (χ3n) is 3.98. The number of rotatable bonds is 3. The summed E-state index contributed by atoms with van der Waals surface area (Å²) in [5.41, 5.74) is 7.99. The maximum Gasteiger partial charge on any atom is 0.126 e. The third-order valence-corrected chi connectivity index (χ3v) is 4.21. The summed E-state index contributed by atoms with van der Waals surface area (Å²) in [6, 6.07) is 12.4. The first-order valence-electron chi connectivity index (χ1n) is 7.03. The molecule has 0 saturated carbocycles. The molecule has 2 unspecified atom stereocenters. The summed E-state index contributed by atoms with van der Waals surface area (Å²) in [5, 5.41) is 0.531. The van der Waals surface area contributed by atoms with Crippen LogP contribution in [-0.4, -0.2) is 12.6 Å². The van der Waals surface area contributed by atoms with Crippen LogP contribution in [0.1, 0.15) is 11.1 Å². The molecule has 1 aliphatic rings. The van der Waals surface area contributed by atoms with E-state index in [4.69, 9.17) is 22.1 Å². The molecule has 0 fully saturated rings. The van der Waals surface area contributed by atoms with E-state index >= 15 is 0 Å². The Morgan fingerprint density at radius 1 is 1.29 bits per heavy atom. The lowest BCUT2D eigenvalue weighted by Crippen LogP contribution is -2.39. The Hall–Kier alpha value is -1.58. The molecular formula is C17H17ClFNO. The van der Waals surface area contributed by atoms with E-state index in [1.54, 1.807) is 12.1 Å². The van der Waals surface area contributed by atoms with Crippen molar-refractivity contribution in [3.63, 3.8) is 0 Å². The molecule has 3 rings (SSSR count). The summed E-state index contributed by atoms with van der Waals surface area (Å²) in [7, 11) is 0. The van der Waals surface area contributed by atoms with Gasteiger partial charge in [-0.15, -0.1) is 0 Å². The van der Waals surface area contributed by atoms with Gasteiger partial charge >= 0.3 is 0 Å². The van der Waals surface area contributed by atoms with Gasteiger partial charge in [-0.05, 0) is 48.2 Å². The molecule has 2 aromatic rings. The second kappa shape index (κ2) is 6.04. The Balaban J connectivity index is 1.72. The zero-order valence-corrected chi connectivity index (χ0v) is 12.3. The van der Waals surface area contributed by atoms with E-state index in [-0.39, 0.29) is 17.8 Å². The number of halogens is 2. The van der Waals surface area contributed by atoms with E-state index < -0.39 is 0 Å². The number of hydrogen-bond acceptors (Lipinski definition) is 2. The van der Waals surface area contributed by atoms with Crippen LogP contribution in [-0.2, 0) is 12.8 Å². The fourth-order valence-electron chi connectivity index (χ4n) is 2.75. The molecule has 2 N–H and O–H groups in total. The molecule has 110 valence electrons. The molecule has 2 aromatic carbocycles. The van der Waals surface area contributed by atoms with Crippen molar-refractivity contribution in [1.82, 2.24) is 0 Å². The van der Waals surface area contributed by atoms with E-state index in [0.717, 1.165) is 17.7 Å². The molecule has 1 heterocycles. The maximum atomic E-state index is 13.8. The normalized spacial score (nSPS) is 18.7. The molecule has 2 atom stereocenters. The number of fused-ring (bicyclic) bond motifs is 1. The van der Waals surface area contributed by atoms with Gasteiger partial charge in [0.05, 0.1) is 6.61 Å². The Morgan fingerprint density at radius 2 is 2.10 bits per heavy atom. The SMILES string of the molecule is NC(Cc1cc(Cl)ccc1F)C1COc2ccccc2C1. The van der Waals surface area contributed by atoms with Crippen LogP contribution >= 0.6 is 11.6 Å². The third kappa shape index (κ3) is 3.20. The van der Waals surface area contributed by atoms with Crippen molar-refractivity contribution in [2.75, 3.05) is 6.61 Å². The van der Waals surface area contributed by atoms with Gasteiger partial charge in [0.15, 0.2) is 0 Å². The molecule has 0 bridgehead atoms. The zero-order valence-electron chi connectivity index (χ0n) is 11.6. The molecule has 1 aliphatic heterocycles. The highest BCUT2D eigenvalue weighted by molar-refractivity contribution is 6.30. The van der Waals surface area contributed by atoms with Crippen molar-refractivity contribution in [2.45, 2.75) is 18.9 Å². The lowest BCUT2D eigenvalue weighted by Gasteiger charge is -2.29. The van der Waals surface area contributed by atoms with Crippen molar-refractivity contribution >= 4 is 11.6 Å². The van der Waals surface area contributed by atoms with Gasteiger partial charge in [0.25, 0.3) is 0 Å². The lowest BCUT2D eigenvalue weighted by molar-refractivity contribution is 0.198. The summed E-state index contributed by atoms with van der Waals surface area (Å²) >= 11 is 5.92. The minimum atomic E-state index is -0.257. The Bertz CT molecular complexity index is 646. The second-order valence-electron chi connectivity index (χ2n) is 5.49. The fraction of sp³-hybridized carbons (Fsp3) is 0.294. The first kappa shape index (κ1) is 14.4. The first-order valence-corrected chi connectivity index (χ1v) is 7.41. The van der Waals surface area contributed by atoms with E-state index in [1.807, 2.05) is 24.3 Å². The van der Waals surface area contributed by atoms with Gasteiger partial charge in [-0.25, -0.2) is 4.39 Å². The van der Waals surface area contributed by atoms with Gasteiger partial charge in [0.2, 0.25) is 0 Å². The van der Waals surface area contributed by atoms with Crippen LogP contribution < -0.4 is 10.5 Å². The minimum absolute atomic E-state index is 0.161. The fourth-order valence-corrected chi connectivity index (χ4v) is 2.94. The highest BCUT2D eigenvalue weighted by Gasteiger charge is 2.25. The average molecular weight is 306 g/mol. The summed E-state index contributed by atoms with van der Waals surface area (Å²) < 4.78 is 19.5. The van der Waals surface area contributed by atoms with Gasteiger partial charge in [0.1, 0.15) is 11.6 Å². The van der Waals surface area contributed by atoms with Gasteiger partial charge in [-0.2, -0.15) is 0 Å². The number of benzene rings is 2. The maximum absolute atomic E-state index is 13.8. The van der Waals surface area contributed by atoms with Crippen molar-refractivity contribution in [3.05, 3.63) is 64.4 Å². The van der Waals surface area contributed by atoms with Crippen LogP contribution in [0.2, 0.25) is 5.02 Å². The molecule has 2 nitrogen and oxygen atoms in total. The lowest BCUT2D eigenvalue weighted by atomic mass is 9.87. The van der Waals surface area contributed by atoms with E-state index in [1.165, 1.54) is 6.07 Å². The molecule has 0 aliphatic carbocycles. The van der Waals surface area contributed by atoms with Crippen molar-refractivity contribution in [1.29, 1.82) is 0 Å². The highest BCUT2D eigenvalue weighted by atomic mass is 35.5. The van der Waals surface area contributed by atoms with E-state index in [0.29, 0.717) is 23.6 Å². The summed E-state index contributed by atoms with van der Waals surface area (Å²) in [6.45, 7) is 0.570. The molecule has 0 aromatic heterocycles. The smallest absolute Gasteiger partial charge is 0.126 e. The Morgan fingerprint density at radius 3 is 2.95 bits per heavy atom. The molecule has 0 spiro atoms. The van der Waals surface area contributed by atoms with Gasteiger partial charge < -0.3 is 10.5 Å². The van der Waals surface area contributed by atoms with E-state index in [2.05, 4.69) is 0 Å². The molecule has 0 amide bonds. The Labute approximate surface area is 128 Å². The topological polar surface area (TPSA) is 35.2 Å². The van der Waals surface area contributed by atoms with Gasteiger partial charge in [-0.1, -0.05) is 29.8 Å². The monoisotopic (exact) mass is 305 g/mol. The average Bonchev–Trinajstić information content (AvgIpc) is 2.50. The predicted molar refractivity (Wildman–Crippen MR) is 82.2 cm³/mol. The number of nitrogens with two attached hydrogens (primary N) is 1. The van der Waals surface area contributed by atoms with Crippen LogP contribution in [0.15, 0.2) is 42.5 Å². The van der Waals surface area contributed by atoms with Crippen LogP contribution in [0.4, 0.5) is 4.39 Å². The van der Waals surface area contributed by atoms with Gasteiger partial charge in [-0.3, -0.25) is 0 Å². The van der Waals surface area contributed by atoms with Crippen molar-refractivity contribution < 1.29 is 9.13 Å². The van der Waals surface area contributed by atoms with Crippen molar-refractivity contribution in [2.24, 2.45) is 11.7 Å². The first-order chi connectivity index (χ1) is 10.1. The van der Waals surface area contributed by atoms with Crippen LogP contribution in [0.25, 0.3) is 0 Å². The largest absolute Gasteiger partial charge is 0.493 e. The number of hydrogen-bond donors (Lipinski definition) is 1. The number of ether oxygens (including phenoxy) is 1. The second-order valence-corrected chi connectivity index (χ2v) is 5.92. The zero-order chi connectivity index (χ0) is 14.8. The quantitative estimate of drug-likeness (QED) is 0.940. The summed E-state index contributed by atoms with van der Waals surface area (Å²) in [5.74, 6) is 0.847. The molecule has 0 saturated heterocycles. The summed E-state index contributed by atoms with van der Waals surface area (Å²) in [4.78, 5) is 0. The predicted octanol–water partition coefficient (Wildman–Crippen LogP) is 3.60. The van der Waals surface area contributed by atoms with Crippen LogP contribution in [0, 0.1) is 11.7 Å². The van der Waals surface area contributed by atoms with E-state index in [9.17, 15) is 4.39 Å². The number of para-hydroxylation sites is 1. The highest BCUT2D eigenvalue weighted by Crippen LogP contribution is 2.29. The van der Waals surface area contributed by atoms with Gasteiger partial charge in [0, 0.05) is 17.0 Å². The van der Waals surface area contributed by atoms with Crippen LogP contribution in [0.5, 0.6) is 5.75 Å².